The monoisotopic (exact) mass is 361 g/mol. The van der Waals surface area contributed by atoms with Crippen LogP contribution < -0.4 is 0 Å². The lowest BCUT2D eigenvalue weighted by Crippen LogP contribution is -2.29. The van der Waals surface area contributed by atoms with Crippen molar-refractivity contribution in [2.24, 2.45) is 11.8 Å². The van der Waals surface area contributed by atoms with Gasteiger partial charge in [0.2, 0.25) is 0 Å². The molecule has 0 aliphatic carbocycles. The second kappa shape index (κ2) is 7.40. The maximum Gasteiger partial charge on any atom is 0.146 e. The summed E-state index contributed by atoms with van der Waals surface area (Å²) in [5.74, 6) is 1.08. The number of hydrogen-bond acceptors (Lipinski definition) is 3. The molecule has 4 rings (SSSR count). The van der Waals surface area contributed by atoms with Gasteiger partial charge in [-0.2, -0.15) is 0 Å². The molecule has 2 aliphatic heterocycles. The third-order valence-electron chi connectivity index (χ3n) is 5.69. The molecule has 2 aromatic rings. The molecule has 5 heteroatoms. The third kappa shape index (κ3) is 3.43. The minimum atomic E-state index is -0.192. The number of likely N-dealkylation sites (tertiary alicyclic amines) is 2. The lowest BCUT2D eigenvalue weighted by molar-refractivity contribution is 0.221. The first-order chi connectivity index (χ1) is 11.6. The van der Waals surface area contributed by atoms with E-state index in [0.29, 0.717) is 30.1 Å². The van der Waals surface area contributed by atoms with Crippen LogP contribution in [0.25, 0.3) is 0 Å². The normalized spacial score (nSPS) is 26.4. The maximum absolute atomic E-state index is 13.9. The van der Waals surface area contributed by atoms with E-state index >= 15 is 0 Å². The highest BCUT2D eigenvalue weighted by atomic mass is 35.5. The summed E-state index contributed by atoms with van der Waals surface area (Å²) in [4.78, 5) is 9.09. The molecule has 0 saturated carbocycles. The number of aromatic nitrogens is 1. The number of nitrogens with zero attached hydrogens (tertiary/aromatic N) is 3. The number of aryl methyl sites for hydroxylation is 1. The fourth-order valence-corrected chi connectivity index (χ4v) is 4.61. The Balaban J connectivity index is 0.00000182. The zero-order chi connectivity index (χ0) is 16.7. The fraction of sp³-hybridized carbons (Fsp3) is 0.450. The van der Waals surface area contributed by atoms with E-state index in [-0.39, 0.29) is 18.2 Å². The van der Waals surface area contributed by atoms with Crippen molar-refractivity contribution >= 4 is 12.4 Å². The van der Waals surface area contributed by atoms with Crippen LogP contribution in [0.3, 0.4) is 0 Å². The second-order valence-electron chi connectivity index (χ2n) is 7.29. The molecular formula is C20H25ClFN3. The average molecular weight is 362 g/mol. The van der Waals surface area contributed by atoms with Gasteiger partial charge in [0.05, 0.1) is 5.69 Å². The maximum atomic E-state index is 13.9. The largest absolute Gasteiger partial charge is 0.299 e. The van der Waals surface area contributed by atoms with E-state index in [9.17, 15) is 4.39 Å². The van der Waals surface area contributed by atoms with E-state index in [2.05, 4.69) is 53.0 Å². The van der Waals surface area contributed by atoms with Gasteiger partial charge >= 0.3 is 0 Å². The topological polar surface area (TPSA) is 19.4 Å². The predicted molar refractivity (Wildman–Crippen MR) is 100 cm³/mol. The van der Waals surface area contributed by atoms with Crippen molar-refractivity contribution in [3.8, 4) is 0 Å². The van der Waals surface area contributed by atoms with Gasteiger partial charge in [-0.25, -0.2) is 4.39 Å². The van der Waals surface area contributed by atoms with Gasteiger partial charge in [0.15, 0.2) is 0 Å². The molecule has 0 unspecified atom stereocenters. The summed E-state index contributed by atoms with van der Waals surface area (Å²) < 4.78 is 13.9. The first-order valence-electron chi connectivity index (χ1n) is 8.71. The Hall–Kier alpha value is -1.49. The fourth-order valence-electron chi connectivity index (χ4n) is 4.61. The van der Waals surface area contributed by atoms with Crippen molar-refractivity contribution < 1.29 is 4.39 Å². The Labute approximate surface area is 155 Å². The van der Waals surface area contributed by atoms with Crippen molar-refractivity contribution in [3.63, 3.8) is 0 Å². The molecule has 0 amide bonds. The quantitative estimate of drug-likeness (QED) is 0.831. The molecule has 0 bridgehead atoms. The highest BCUT2D eigenvalue weighted by Crippen LogP contribution is 2.45. The van der Waals surface area contributed by atoms with Gasteiger partial charge in [0.1, 0.15) is 5.82 Å². The molecular weight excluding hydrogens is 337 g/mol. The molecule has 0 radical (unpaired) electrons. The first kappa shape index (κ1) is 18.3. The van der Waals surface area contributed by atoms with Crippen LogP contribution in [-0.2, 0) is 6.54 Å². The van der Waals surface area contributed by atoms with Crippen LogP contribution in [0, 0.1) is 24.6 Å². The zero-order valence-electron chi connectivity index (χ0n) is 14.7. The molecule has 0 N–H and O–H groups in total. The van der Waals surface area contributed by atoms with Gasteiger partial charge in [-0.05, 0) is 49.1 Å². The summed E-state index contributed by atoms with van der Waals surface area (Å²) in [7, 11) is 2.23. The van der Waals surface area contributed by atoms with Crippen LogP contribution in [0.1, 0.15) is 22.9 Å². The smallest absolute Gasteiger partial charge is 0.146 e. The molecule has 1 aromatic heterocycles. The Bertz CT molecular complexity index is 738. The van der Waals surface area contributed by atoms with E-state index in [1.165, 1.54) is 17.2 Å². The Morgan fingerprint density at radius 2 is 1.92 bits per heavy atom. The molecule has 2 saturated heterocycles. The molecule has 1 aromatic carbocycles. The molecule has 2 fully saturated rings. The lowest BCUT2D eigenvalue weighted by Gasteiger charge is -2.28. The van der Waals surface area contributed by atoms with E-state index in [0.717, 1.165) is 19.6 Å². The van der Waals surface area contributed by atoms with Crippen molar-refractivity contribution in [3.05, 3.63) is 65.2 Å². The summed E-state index contributed by atoms with van der Waals surface area (Å²) in [6.45, 7) is 5.98. The molecule has 0 spiro atoms. The highest BCUT2D eigenvalue weighted by molar-refractivity contribution is 5.85. The van der Waals surface area contributed by atoms with Gasteiger partial charge in [0, 0.05) is 38.4 Å². The summed E-state index contributed by atoms with van der Waals surface area (Å²) >= 11 is 0. The van der Waals surface area contributed by atoms with E-state index in [1.807, 2.05) is 0 Å². The SMILES string of the molecule is Cc1ccccc1[C@@H]1[C@@H]2CN(Cc3ncccc3F)C[C@@H]2CN1C.Cl. The third-order valence-corrected chi connectivity index (χ3v) is 5.69. The summed E-state index contributed by atoms with van der Waals surface area (Å²) in [6, 6.07) is 12.3. The van der Waals surface area contributed by atoms with Gasteiger partial charge in [-0.3, -0.25) is 14.8 Å². The van der Waals surface area contributed by atoms with Gasteiger partial charge in [0.25, 0.3) is 0 Å². The molecule has 2 aliphatic rings. The molecule has 3 nitrogen and oxygen atoms in total. The van der Waals surface area contributed by atoms with Crippen LogP contribution in [0.2, 0.25) is 0 Å². The van der Waals surface area contributed by atoms with Crippen molar-refractivity contribution in [1.29, 1.82) is 0 Å². The van der Waals surface area contributed by atoms with Crippen molar-refractivity contribution in [1.82, 2.24) is 14.8 Å². The van der Waals surface area contributed by atoms with Crippen LogP contribution in [0.5, 0.6) is 0 Å². The van der Waals surface area contributed by atoms with Crippen LogP contribution in [0.15, 0.2) is 42.6 Å². The predicted octanol–water partition coefficient (Wildman–Crippen LogP) is 3.69. The number of rotatable bonds is 3. The lowest BCUT2D eigenvalue weighted by atomic mass is 9.88. The van der Waals surface area contributed by atoms with Gasteiger partial charge in [-0.1, -0.05) is 24.3 Å². The van der Waals surface area contributed by atoms with Crippen LogP contribution >= 0.6 is 12.4 Å². The average Bonchev–Trinajstić information content (AvgIpc) is 3.06. The van der Waals surface area contributed by atoms with Gasteiger partial charge in [-0.15, -0.1) is 12.4 Å². The minimum absolute atomic E-state index is 0. The molecule has 3 atom stereocenters. The zero-order valence-corrected chi connectivity index (χ0v) is 15.5. The van der Waals surface area contributed by atoms with Crippen molar-refractivity contribution in [2.45, 2.75) is 19.5 Å². The summed E-state index contributed by atoms with van der Waals surface area (Å²) in [5, 5.41) is 0. The number of pyridine rings is 1. The van der Waals surface area contributed by atoms with E-state index < -0.39 is 0 Å². The Morgan fingerprint density at radius 3 is 2.68 bits per heavy atom. The number of hydrogen-bond donors (Lipinski definition) is 0. The first-order valence-corrected chi connectivity index (χ1v) is 8.71. The van der Waals surface area contributed by atoms with Crippen LogP contribution in [0.4, 0.5) is 4.39 Å². The van der Waals surface area contributed by atoms with E-state index in [1.54, 1.807) is 12.3 Å². The summed E-state index contributed by atoms with van der Waals surface area (Å²) in [5.41, 5.74) is 3.38. The second-order valence-corrected chi connectivity index (χ2v) is 7.29. The highest BCUT2D eigenvalue weighted by Gasteiger charge is 2.46. The molecule has 134 valence electrons. The van der Waals surface area contributed by atoms with E-state index in [4.69, 9.17) is 0 Å². The van der Waals surface area contributed by atoms with Gasteiger partial charge < -0.3 is 0 Å². The molecule has 25 heavy (non-hydrogen) atoms. The molecule has 3 heterocycles. The number of fused-ring (bicyclic) bond motifs is 1. The Morgan fingerprint density at radius 1 is 1.12 bits per heavy atom. The number of halogens is 2. The number of benzene rings is 1. The Kier molecular flexibility index (Phi) is 5.42. The summed E-state index contributed by atoms with van der Waals surface area (Å²) in [6.07, 6.45) is 1.68. The van der Waals surface area contributed by atoms with Crippen LogP contribution in [-0.4, -0.2) is 41.5 Å². The minimum Gasteiger partial charge on any atom is -0.299 e. The standard InChI is InChI=1S/C20H24FN3.ClH/c1-14-6-3-4-7-16(14)20-17-12-24(11-15(17)10-23(20)2)13-19-18(21)8-5-9-22-19;/h3-9,15,17,20H,10-13H2,1-2H3;1H/t15-,17+,20+;/m0./s1. The van der Waals surface area contributed by atoms with Crippen molar-refractivity contribution in [2.75, 3.05) is 26.7 Å².